The van der Waals surface area contributed by atoms with Crippen molar-refractivity contribution < 1.29 is 18.3 Å². The standard InChI is InChI=1S/C11H12N2O4S2/c1-7-2-3-8-9(6-7)18-11(12-8)13-19(16,17)5-4-10(14)15/h2-3,6H,4-5H2,1H3,(H,12,13)(H,14,15). The summed E-state index contributed by atoms with van der Waals surface area (Å²) < 4.78 is 26.5. The van der Waals surface area contributed by atoms with Gasteiger partial charge >= 0.3 is 5.97 Å². The summed E-state index contributed by atoms with van der Waals surface area (Å²) in [4.78, 5) is 14.5. The van der Waals surface area contributed by atoms with Gasteiger partial charge in [-0.15, -0.1) is 0 Å². The van der Waals surface area contributed by atoms with E-state index in [4.69, 9.17) is 5.11 Å². The number of hydrogen-bond acceptors (Lipinski definition) is 5. The third-order valence-electron chi connectivity index (χ3n) is 2.37. The predicted octanol–water partition coefficient (Wildman–Crippen LogP) is 1.82. The molecule has 2 rings (SSSR count). The van der Waals surface area contributed by atoms with Crippen molar-refractivity contribution in [3.63, 3.8) is 0 Å². The first-order valence-electron chi connectivity index (χ1n) is 5.45. The number of carboxylic acid groups (broad SMARTS) is 1. The van der Waals surface area contributed by atoms with Crippen LogP contribution in [-0.2, 0) is 14.8 Å². The van der Waals surface area contributed by atoms with Gasteiger partial charge in [0.05, 0.1) is 22.4 Å². The summed E-state index contributed by atoms with van der Waals surface area (Å²) in [5.74, 6) is -1.61. The van der Waals surface area contributed by atoms with Crippen LogP contribution in [0, 0.1) is 6.92 Å². The number of carboxylic acids is 1. The molecular weight excluding hydrogens is 288 g/mol. The number of rotatable bonds is 5. The Morgan fingerprint density at radius 2 is 2.21 bits per heavy atom. The molecule has 8 heteroatoms. The van der Waals surface area contributed by atoms with Crippen LogP contribution in [0.25, 0.3) is 10.2 Å². The second-order valence-corrected chi connectivity index (χ2v) is 6.93. The van der Waals surface area contributed by atoms with E-state index < -0.39 is 28.2 Å². The minimum Gasteiger partial charge on any atom is -0.481 e. The quantitative estimate of drug-likeness (QED) is 0.878. The maximum Gasteiger partial charge on any atom is 0.304 e. The number of carbonyl (C=O) groups is 1. The Hall–Kier alpha value is -1.67. The number of fused-ring (bicyclic) bond motifs is 1. The Balaban J connectivity index is 2.19. The van der Waals surface area contributed by atoms with Gasteiger partial charge in [0.15, 0.2) is 5.13 Å². The van der Waals surface area contributed by atoms with E-state index in [2.05, 4.69) is 9.71 Å². The van der Waals surface area contributed by atoms with Crippen LogP contribution >= 0.6 is 11.3 Å². The minimum atomic E-state index is -3.67. The summed E-state index contributed by atoms with van der Waals surface area (Å²) in [5.41, 5.74) is 1.78. The molecule has 1 aromatic heterocycles. The molecule has 0 aliphatic carbocycles. The number of aryl methyl sites for hydroxylation is 1. The molecule has 1 heterocycles. The fourth-order valence-electron chi connectivity index (χ4n) is 1.48. The van der Waals surface area contributed by atoms with Crippen LogP contribution < -0.4 is 4.72 Å². The van der Waals surface area contributed by atoms with E-state index in [0.29, 0.717) is 5.52 Å². The van der Waals surface area contributed by atoms with Crippen LogP contribution in [0.2, 0.25) is 0 Å². The van der Waals surface area contributed by atoms with Crippen molar-refractivity contribution in [2.45, 2.75) is 13.3 Å². The number of nitrogens with zero attached hydrogens (tertiary/aromatic N) is 1. The first-order chi connectivity index (χ1) is 8.85. The Morgan fingerprint density at radius 3 is 2.89 bits per heavy atom. The second kappa shape index (κ2) is 5.14. The summed E-state index contributed by atoms with van der Waals surface area (Å²) in [6.07, 6.45) is -0.431. The number of anilines is 1. The van der Waals surface area contributed by atoms with Crippen LogP contribution in [0.15, 0.2) is 18.2 Å². The molecule has 102 valence electrons. The van der Waals surface area contributed by atoms with Gasteiger partial charge in [-0.25, -0.2) is 13.4 Å². The number of nitrogens with one attached hydrogen (secondary N) is 1. The van der Waals surface area contributed by atoms with Gasteiger partial charge in [0.1, 0.15) is 0 Å². The van der Waals surface area contributed by atoms with Crippen molar-refractivity contribution >= 4 is 42.7 Å². The largest absolute Gasteiger partial charge is 0.481 e. The number of benzene rings is 1. The van der Waals surface area contributed by atoms with E-state index in [-0.39, 0.29) is 5.13 Å². The van der Waals surface area contributed by atoms with Crippen molar-refractivity contribution in [3.05, 3.63) is 23.8 Å². The third-order valence-corrected chi connectivity index (χ3v) is 4.68. The highest BCUT2D eigenvalue weighted by Crippen LogP contribution is 2.27. The lowest BCUT2D eigenvalue weighted by atomic mass is 10.2. The molecule has 2 aromatic rings. The van der Waals surface area contributed by atoms with Gasteiger partial charge in [-0.05, 0) is 24.6 Å². The minimum absolute atomic E-state index is 0.256. The highest BCUT2D eigenvalue weighted by atomic mass is 32.2. The van der Waals surface area contributed by atoms with Gasteiger partial charge in [-0.1, -0.05) is 17.4 Å². The number of aliphatic carboxylic acids is 1. The molecule has 0 unspecified atom stereocenters. The third kappa shape index (κ3) is 3.65. The molecule has 19 heavy (non-hydrogen) atoms. The highest BCUT2D eigenvalue weighted by molar-refractivity contribution is 7.92. The van der Waals surface area contributed by atoms with Crippen molar-refractivity contribution in [1.82, 2.24) is 4.98 Å². The molecule has 0 saturated heterocycles. The van der Waals surface area contributed by atoms with Crippen LogP contribution in [0.1, 0.15) is 12.0 Å². The maximum absolute atomic E-state index is 11.6. The Labute approximate surface area is 114 Å². The molecule has 0 saturated carbocycles. The second-order valence-electron chi connectivity index (χ2n) is 4.05. The number of thiazole rings is 1. The van der Waals surface area contributed by atoms with E-state index >= 15 is 0 Å². The molecular formula is C11H12N2O4S2. The Bertz CT molecular complexity index is 721. The SMILES string of the molecule is Cc1ccc2nc(NS(=O)(=O)CCC(=O)O)sc2c1. The first-order valence-corrected chi connectivity index (χ1v) is 7.92. The van der Waals surface area contributed by atoms with Gasteiger partial charge in [-0.3, -0.25) is 9.52 Å². The summed E-state index contributed by atoms with van der Waals surface area (Å²) in [6.45, 7) is 1.94. The van der Waals surface area contributed by atoms with Crippen molar-refractivity contribution in [1.29, 1.82) is 0 Å². The summed E-state index contributed by atoms with van der Waals surface area (Å²) in [5, 5.41) is 8.74. The normalized spacial score (nSPS) is 11.6. The molecule has 0 spiro atoms. The van der Waals surface area contributed by atoms with E-state index in [0.717, 1.165) is 10.3 Å². The average Bonchev–Trinajstić information content (AvgIpc) is 2.67. The smallest absolute Gasteiger partial charge is 0.304 e. The van der Waals surface area contributed by atoms with Gasteiger partial charge < -0.3 is 5.11 Å². The van der Waals surface area contributed by atoms with Crippen molar-refractivity contribution in [2.75, 3.05) is 10.5 Å². The molecule has 0 amide bonds. The molecule has 1 aromatic carbocycles. The first kappa shape index (κ1) is 13.8. The molecule has 0 radical (unpaired) electrons. The molecule has 0 atom stereocenters. The van der Waals surface area contributed by atoms with Gasteiger partial charge in [-0.2, -0.15) is 0 Å². The lowest BCUT2D eigenvalue weighted by Crippen LogP contribution is -2.18. The van der Waals surface area contributed by atoms with Crippen LogP contribution in [0.4, 0.5) is 5.13 Å². The number of sulfonamides is 1. The monoisotopic (exact) mass is 300 g/mol. The van der Waals surface area contributed by atoms with Gasteiger partial charge in [0.2, 0.25) is 10.0 Å². The predicted molar refractivity (Wildman–Crippen MR) is 74.0 cm³/mol. The summed E-state index contributed by atoms with van der Waals surface area (Å²) in [6, 6.07) is 5.63. The van der Waals surface area contributed by atoms with Crippen LogP contribution in [-0.4, -0.2) is 30.2 Å². The highest BCUT2D eigenvalue weighted by Gasteiger charge is 2.15. The lowest BCUT2D eigenvalue weighted by molar-refractivity contribution is -0.136. The zero-order valence-electron chi connectivity index (χ0n) is 10.1. The van der Waals surface area contributed by atoms with Gasteiger partial charge in [0.25, 0.3) is 0 Å². The fourth-order valence-corrected chi connectivity index (χ4v) is 3.70. The average molecular weight is 300 g/mol. The van der Waals surface area contributed by atoms with Crippen molar-refractivity contribution in [2.24, 2.45) is 0 Å². The van der Waals surface area contributed by atoms with Gasteiger partial charge in [0, 0.05) is 0 Å². The number of aromatic nitrogens is 1. The molecule has 0 fully saturated rings. The van der Waals surface area contributed by atoms with Crippen LogP contribution in [0.3, 0.4) is 0 Å². The van der Waals surface area contributed by atoms with E-state index in [9.17, 15) is 13.2 Å². The zero-order chi connectivity index (χ0) is 14.0. The lowest BCUT2D eigenvalue weighted by Gasteiger charge is -2.02. The van der Waals surface area contributed by atoms with E-state index in [1.807, 2.05) is 25.1 Å². The summed E-state index contributed by atoms with van der Waals surface area (Å²) in [7, 11) is -3.67. The van der Waals surface area contributed by atoms with Crippen molar-refractivity contribution in [3.8, 4) is 0 Å². The maximum atomic E-state index is 11.6. The molecule has 2 N–H and O–H groups in total. The summed E-state index contributed by atoms with van der Waals surface area (Å²) >= 11 is 1.22. The fraction of sp³-hybridized carbons (Fsp3) is 0.273. The van der Waals surface area contributed by atoms with E-state index in [1.54, 1.807) is 0 Å². The van der Waals surface area contributed by atoms with E-state index in [1.165, 1.54) is 11.3 Å². The Morgan fingerprint density at radius 1 is 1.47 bits per heavy atom. The number of hydrogen-bond donors (Lipinski definition) is 2. The molecule has 0 bridgehead atoms. The molecule has 0 aliphatic rings. The topological polar surface area (TPSA) is 96.4 Å². The Kier molecular flexibility index (Phi) is 3.72. The zero-order valence-corrected chi connectivity index (χ0v) is 11.7. The van der Waals surface area contributed by atoms with Crippen LogP contribution in [0.5, 0.6) is 0 Å². The molecule has 6 nitrogen and oxygen atoms in total. The molecule has 0 aliphatic heterocycles.